The zero-order chi connectivity index (χ0) is 24.1. The molecule has 34 heavy (non-hydrogen) atoms. The van der Waals surface area contributed by atoms with Crippen LogP contribution < -0.4 is 10.6 Å². The maximum atomic E-state index is 12.8. The van der Waals surface area contributed by atoms with E-state index in [1.807, 2.05) is 6.92 Å². The summed E-state index contributed by atoms with van der Waals surface area (Å²) in [7, 11) is -3.52. The van der Waals surface area contributed by atoms with Crippen molar-refractivity contribution in [3.05, 3.63) is 47.9 Å². The predicted molar refractivity (Wildman–Crippen MR) is 128 cm³/mol. The Bertz CT molecular complexity index is 1120. The van der Waals surface area contributed by atoms with Crippen LogP contribution in [0.25, 0.3) is 0 Å². The molecule has 1 aromatic heterocycles. The number of hydrogen-bond acceptors (Lipinski definition) is 6. The van der Waals surface area contributed by atoms with Gasteiger partial charge in [0.2, 0.25) is 15.9 Å². The van der Waals surface area contributed by atoms with Crippen LogP contribution in [0.2, 0.25) is 0 Å². The molecule has 9 nitrogen and oxygen atoms in total. The lowest BCUT2D eigenvalue weighted by Gasteiger charge is -2.32. The number of likely N-dealkylation sites (tertiary alicyclic amines) is 1. The van der Waals surface area contributed by atoms with Crippen molar-refractivity contribution in [3.8, 4) is 0 Å². The van der Waals surface area contributed by atoms with Gasteiger partial charge in [0.15, 0.2) is 5.76 Å². The summed E-state index contributed by atoms with van der Waals surface area (Å²) in [6.07, 6.45) is 5.20. The summed E-state index contributed by atoms with van der Waals surface area (Å²) in [5, 5.41) is 5.85. The van der Waals surface area contributed by atoms with Crippen molar-refractivity contribution in [3.63, 3.8) is 0 Å². The number of hydrogen-bond donors (Lipinski definition) is 2. The number of furan rings is 1. The van der Waals surface area contributed by atoms with Crippen LogP contribution >= 0.6 is 0 Å². The fourth-order valence-corrected chi connectivity index (χ4v) is 6.02. The molecular formula is C24H32N4O5S. The fourth-order valence-electron chi connectivity index (χ4n) is 4.45. The summed E-state index contributed by atoms with van der Waals surface area (Å²) in [6.45, 7) is 5.12. The number of piperidine rings is 1. The molecule has 2 fully saturated rings. The molecule has 10 heteroatoms. The molecule has 2 amide bonds. The molecule has 1 aromatic carbocycles. The highest BCUT2D eigenvalue weighted by molar-refractivity contribution is 7.89. The first-order valence-electron chi connectivity index (χ1n) is 11.8. The number of sulfonamides is 1. The van der Waals surface area contributed by atoms with Crippen LogP contribution in [-0.4, -0.2) is 68.2 Å². The lowest BCUT2D eigenvalue weighted by Crippen LogP contribution is -2.45. The monoisotopic (exact) mass is 488 g/mol. The average molecular weight is 489 g/mol. The highest BCUT2D eigenvalue weighted by Gasteiger charge is 2.27. The Morgan fingerprint density at radius 1 is 1.09 bits per heavy atom. The smallest absolute Gasteiger partial charge is 0.287 e. The van der Waals surface area contributed by atoms with Gasteiger partial charge < -0.3 is 20.0 Å². The quantitative estimate of drug-likeness (QED) is 0.591. The van der Waals surface area contributed by atoms with Crippen LogP contribution in [0.15, 0.2) is 45.9 Å². The minimum Gasteiger partial charge on any atom is -0.459 e. The van der Waals surface area contributed by atoms with Crippen molar-refractivity contribution in [1.82, 2.24) is 14.5 Å². The Hall–Kier alpha value is -2.69. The average Bonchev–Trinajstić information content (AvgIpc) is 3.51. The summed E-state index contributed by atoms with van der Waals surface area (Å²) in [6, 6.07) is 8.31. The first-order valence-corrected chi connectivity index (χ1v) is 13.2. The number of nitrogens with zero attached hydrogens (tertiary/aromatic N) is 2. The third-order valence-electron chi connectivity index (χ3n) is 6.47. The molecule has 184 valence electrons. The second-order valence-corrected chi connectivity index (χ2v) is 10.9. The van der Waals surface area contributed by atoms with Gasteiger partial charge in [0.05, 0.1) is 11.2 Å². The van der Waals surface area contributed by atoms with E-state index in [-0.39, 0.29) is 22.8 Å². The first-order chi connectivity index (χ1) is 16.3. The Balaban J connectivity index is 1.21. The topological polar surface area (TPSA) is 112 Å². The molecule has 3 heterocycles. The molecule has 0 unspecified atom stereocenters. The Kier molecular flexibility index (Phi) is 7.70. The third-order valence-corrected chi connectivity index (χ3v) is 8.36. The van der Waals surface area contributed by atoms with E-state index >= 15 is 0 Å². The fraction of sp³-hybridized carbons (Fsp3) is 0.500. The van der Waals surface area contributed by atoms with Gasteiger partial charge in [-0.25, -0.2) is 8.42 Å². The number of nitrogens with one attached hydrogen (secondary N) is 2. The highest BCUT2D eigenvalue weighted by Crippen LogP contribution is 2.23. The number of benzene rings is 1. The first kappa shape index (κ1) is 24.4. The Morgan fingerprint density at radius 3 is 2.50 bits per heavy atom. The molecule has 4 rings (SSSR count). The maximum Gasteiger partial charge on any atom is 0.287 e. The lowest BCUT2D eigenvalue weighted by molar-refractivity contribution is -0.116. The summed E-state index contributed by atoms with van der Waals surface area (Å²) in [5.74, 6) is 0.0187. The molecule has 0 atom stereocenters. The highest BCUT2D eigenvalue weighted by atomic mass is 32.2. The molecule has 0 spiro atoms. The summed E-state index contributed by atoms with van der Waals surface area (Å²) in [4.78, 5) is 27.2. The van der Waals surface area contributed by atoms with E-state index in [4.69, 9.17) is 4.42 Å². The molecule has 2 aliphatic heterocycles. The van der Waals surface area contributed by atoms with Crippen LogP contribution in [0.5, 0.6) is 0 Å². The van der Waals surface area contributed by atoms with E-state index in [9.17, 15) is 18.0 Å². The number of rotatable bonds is 8. The number of anilines is 1. The Labute approximate surface area is 200 Å². The van der Waals surface area contributed by atoms with Crippen LogP contribution in [0.3, 0.4) is 0 Å². The van der Waals surface area contributed by atoms with E-state index < -0.39 is 10.0 Å². The van der Waals surface area contributed by atoms with Gasteiger partial charge in [-0.1, -0.05) is 6.07 Å². The molecule has 0 saturated carbocycles. The number of carbonyl (C=O) groups excluding carboxylic acids is 2. The molecule has 2 aliphatic rings. The molecule has 2 aromatic rings. The van der Waals surface area contributed by atoms with Crippen LogP contribution in [-0.2, 0) is 14.8 Å². The van der Waals surface area contributed by atoms with Crippen molar-refractivity contribution in [2.75, 3.05) is 38.0 Å². The van der Waals surface area contributed by atoms with Crippen LogP contribution in [0.1, 0.15) is 48.2 Å². The normalized spacial score (nSPS) is 18.1. The number of aryl methyl sites for hydroxylation is 1. The van der Waals surface area contributed by atoms with Crippen molar-refractivity contribution in [1.29, 1.82) is 0 Å². The van der Waals surface area contributed by atoms with Gasteiger partial charge >= 0.3 is 0 Å². The zero-order valence-corrected chi connectivity index (χ0v) is 20.3. The molecule has 0 aliphatic carbocycles. The van der Waals surface area contributed by atoms with Gasteiger partial charge in [-0.05, 0) is 56.9 Å². The molecule has 0 bridgehead atoms. The molecular weight excluding hydrogens is 456 g/mol. The summed E-state index contributed by atoms with van der Waals surface area (Å²) < 4.78 is 32.3. The maximum absolute atomic E-state index is 12.8. The second kappa shape index (κ2) is 10.7. The number of carbonyl (C=O) groups is 2. The van der Waals surface area contributed by atoms with E-state index in [0.717, 1.165) is 44.3 Å². The second-order valence-electron chi connectivity index (χ2n) is 8.96. The predicted octanol–water partition coefficient (Wildman–Crippen LogP) is 2.60. The minimum absolute atomic E-state index is 0.0855. The standard InChI is InChI=1S/C24H32N4O5S/c1-18-10-16-33-23(18)24(30)26-19-7-13-27(14-8-19)15-9-22(29)25-20-5-4-6-21(17-20)34(31,32)28-11-2-3-12-28/h4-6,10,16-17,19H,2-3,7-9,11-15H2,1H3,(H,25,29)(H,26,30). The van der Waals surface area contributed by atoms with Gasteiger partial charge in [0, 0.05) is 56.4 Å². The van der Waals surface area contributed by atoms with E-state index in [0.29, 0.717) is 37.5 Å². The van der Waals surface area contributed by atoms with Crippen molar-refractivity contribution in [2.45, 2.75) is 50.0 Å². The summed E-state index contributed by atoms with van der Waals surface area (Å²) >= 11 is 0. The molecule has 0 radical (unpaired) electrons. The van der Waals surface area contributed by atoms with Crippen LogP contribution in [0, 0.1) is 6.92 Å². The van der Waals surface area contributed by atoms with Gasteiger partial charge in [0.1, 0.15) is 0 Å². The third kappa shape index (κ3) is 5.86. The lowest BCUT2D eigenvalue weighted by atomic mass is 10.0. The summed E-state index contributed by atoms with van der Waals surface area (Å²) in [5.41, 5.74) is 1.31. The Morgan fingerprint density at radius 2 is 1.82 bits per heavy atom. The SMILES string of the molecule is Cc1ccoc1C(=O)NC1CCN(CCC(=O)Nc2cccc(S(=O)(=O)N3CCCC3)c2)CC1. The van der Waals surface area contributed by atoms with Crippen molar-refractivity contribution in [2.24, 2.45) is 0 Å². The minimum atomic E-state index is -3.52. The van der Waals surface area contributed by atoms with Crippen molar-refractivity contribution < 1.29 is 22.4 Å². The van der Waals surface area contributed by atoms with E-state index in [2.05, 4.69) is 15.5 Å². The van der Waals surface area contributed by atoms with Crippen molar-refractivity contribution >= 4 is 27.5 Å². The van der Waals surface area contributed by atoms with Crippen LogP contribution in [0.4, 0.5) is 5.69 Å². The van der Waals surface area contributed by atoms with E-state index in [1.54, 1.807) is 24.3 Å². The van der Waals surface area contributed by atoms with Gasteiger partial charge in [0.25, 0.3) is 5.91 Å². The molecule has 2 N–H and O–H groups in total. The van der Waals surface area contributed by atoms with Gasteiger partial charge in [-0.3, -0.25) is 9.59 Å². The van der Waals surface area contributed by atoms with Gasteiger partial charge in [-0.15, -0.1) is 0 Å². The zero-order valence-electron chi connectivity index (χ0n) is 19.5. The molecule has 2 saturated heterocycles. The largest absolute Gasteiger partial charge is 0.459 e. The van der Waals surface area contributed by atoms with E-state index in [1.165, 1.54) is 16.6 Å². The van der Waals surface area contributed by atoms with Gasteiger partial charge in [-0.2, -0.15) is 4.31 Å². The number of amides is 2.